The van der Waals surface area contributed by atoms with Crippen molar-refractivity contribution in [3.8, 4) is 0 Å². The Kier molecular flexibility index (Phi) is 2.87. The van der Waals surface area contributed by atoms with Gasteiger partial charge in [-0.15, -0.1) is 0 Å². The summed E-state index contributed by atoms with van der Waals surface area (Å²) in [5.74, 6) is 0. The average Bonchev–Trinajstić information content (AvgIpc) is 1.85. The van der Waals surface area contributed by atoms with Crippen molar-refractivity contribution in [3.63, 3.8) is 0 Å². The predicted molar refractivity (Wildman–Crippen MR) is 47.3 cm³/mol. The predicted octanol–water partition coefficient (Wildman–Crippen LogP) is 2.96. The molecule has 0 unspecified atom stereocenters. The fourth-order valence-electron chi connectivity index (χ4n) is 0.572. The summed E-state index contributed by atoms with van der Waals surface area (Å²) < 4.78 is 0.512. The third kappa shape index (κ3) is 1.92. The molecule has 0 amide bonds. The molecular weight excluding hydrogens is 253 g/mol. The van der Waals surface area contributed by atoms with Crippen LogP contribution in [0, 0.1) is 0 Å². The van der Waals surface area contributed by atoms with Crippen LogP contribution in [0.2, 0.25) is 10.2 Å². The highest BCUT2D eigenvalue weighted by Crippen LogP contribution is 2.24. The number of carbonyl (C=O) groups excluding carboxylic acids is 1. The number of rotatable bonds is 1. The number of nitrogens with zero attached hydrogens (tertiary/aromatic N) is 1. The smallest absolute Gasteiger partial charge is 0.154 e. The van der Waals surface area contributed by atoms with Gasteiger partial charge in [0.25, 0.3) is 0 Å². The average molecular weight is 255 g/mol. The van der Waals surface area contributed by atoms with Crippen LogP contribution in [0.3, 0.4) is 0 Å². The van der Waals surface area contributed by atoms with Gasteiger partial charge < -0.3 is 0 Å². The summed E-state index contributed by atoms with van der Waals surface area (Å²) in [6, 6.07) is 1.51. The summed E-state index contributed by atoms with van der Waals surface area (Å²) in [7, 11) is 0. The van der Waals surface area contributed by atoms with Gasteiger partial charge >= 0.3 is 0 Å². The molecule has 0 aliphatic rings. The Bertz CT molecular complexity index is 280. The molecule has 0 saturated heterocycles. The van der Waals surface area contributed by atoms with Crippen molar-refractivity contribution in [3.05, 3.63) is 26.4 Å². The van der Waals surface area contributed by atoms with E-state index in [9.17, 15) is 4.79 Å². The van der Waals surface area contributed by atoms with Crippen LogP contribution in [-0.2, 0) is 0 Å². The van der Waals surface area contributed by atoms with Crippen LogP contribution in [-0.4, -0.2) is 11.3 Å². The Morgan fingerprint density at radius 2 is 2.18 bits per heavy atom. The monoisotopic (exact) mass is 253 g/mol. The highest BCUT2D eigenvalue weighted by Gasteiger charge is 2.06. The number of hydrogen-bond donors (Lipinski definition) is 0. The van der Waals surface area contributed by atoms with Crippen molar-refractivity contribution in [2.45, 2.75) is 0 Å². The number of aromatic nitrogens is 1. The van der Waals surface area contributed by atoms with Gasteiger partial charge in [0.2, 0.25) is 0 Å². The first-order valence-corrected chi connectivity index (χ1v) is 4.16. The van der Waals surface area contributed by atoms with Crippen LogP contribution in [0.15, 0.2) is 10.7 Å². The highest BCUT2D eigenvalue weighted by molar-refractivity contribution is 9.10. The van der Waals surface area contributed by atoms with Crippen molar-refractivity contribution in [2.24, 2.45) is 0 Å². The number of pyridine rings is 1. The van der Waals surface area contributed by atoms with Crippen molar-refractivity contribution >= 4 is 45.4 Å². The third-order valence-corrected chi connectivity index (χ3v) is 2.06. The van der Waals surface area contributed by atoms with E-state index in [2.05, 4.69) is 20.9 Å². The maximum absolute atomic E-state index is 10.3. The minimum Gasteiger partial charge on any atom is -0.298 e. The zero-order valence-corrected chi connectivity index (χ0v) is 8.24. The van der Waals surface area contributed by atoms with Gasteiger partial charge in [-0.25, -0.2) is 4.98 Å². The van der Waals surface area contributed by atoms with E-state index >= 15 is 0 Å². The van der Waals surface area contributed by atoms with Gasteiger partial charge in [0.05, 0.1) is 10.6 Å². The third-order valence-electron chi connectivity index (χ3n) is 1.05. The first kappa shape index (κ1) is 8.97. The molecule has 0 saturated carbocycles. The lowest BCUT2D eigenvalue weighted by molar-refractivity contribution is 0.112. The summed E-state index contributed by atoms with van der Waals surface area (Å²) in [4.78, 5) is 14.1. The minimum atomic E-state index is 0.111. The van der Waals surface area contributed by atoms with Gasteiger partial charge in [-0.05, 0) is 22.0 Å². The van der Waals surface area contributed by atoms with Gasteiger partial charge in [-0.2, -0.15) is 0 Å². The van der Waals surface area contributed by atoms with Crippen molar-refractivity contribution in [1.29, 1.82) is 0 Å². The number of carbonyl (C=O) groups is 1. The Morgan fingerprint density at radius 3 is 2.64 bits per heavy atom. The molecule has 0 radical (unpaired) electrons. The maximum Gasteiger partial charge on any atom is 0.154 e. The first-order valence-electron chi connectivity index (χ1n) is 2.62. The molecular formula is C6H2BrCl2NO. The second kappa shape index (κ2) is 3.52. The van der Waals surface area contributed by atoms with Crippen molar-refractivity contribution in [2.75, 3.05) is 0 Å². The number of halogens is 3. The Labute approximate surface area is 81.7 Å². The van der Waals surface area contributed by atoms with Gasteiger partial charge in [-0.3, -0.25) is 4.79 Å². The molecule has 0 fully saturated rings. The van der Waals surface area contributed by atoms with Crippen LogP contribution < -0.4 is 0 Å². The van der Waals surface area contributed by atoms with Crippen molar-refractivity contribution < 1.29 is 4.79 Å². The maximum atomic E-state index is 10.3. The van der Waals surface area contributed by atoms with Gasteiger partial charge in [-0.1, -0.05) is 23.2 Å². The molecule has 0 spiro atoms. The molecule has 11 heavy (non-hydrogen) atoms. The van der Waals surface area contributed by atoms with E-state index < -0.39 is 0 Å². The summed E-state index contributed by atoms with van der Waals surface area (Å²) in [6.45, 7) is 0. The number of hydrogen-bond acceptors (Lipinski definition) is 2. The summed E-state index contributed by atoms with van der Waals surface area (Å²) in [5.41, 5.74) is 0.219. The molecule has 1 aromatic heterocycles. The molecule has 0 aromatic carbocycles. The van der Waals surface area contributed by atoms with E-state index in [1.807, 2.05) is 0 Å². The van der Waals surface area contributed by atoms with Crippen LogP contribution in [0.5, 0.6) is 0 Å². The van der Waals surface area contributed by atoms with Gasteiger partial charge in [0.1, 0.15) is 9.76 Å². The molecule has 5 heteroatoms. The molecule has 0 aliphatic heterocycles. The quantitative estimate of drug-likeness (QED) is 0.570. The zero-order chi connectivity index (χ0) is 8.43. The Balaban J connectivity index is 3.36. The summed E-state index contributed by atoms with van der Waals surface area (Å²) in [6.07, 6.45) is 0.574. The molecule has 1 heterocycles. The van der Waals surface area contributed by atoms with E-state index in [0.29, 0.717) is 15.9 Å². The van der Waals surface area contributed by atoms with Crippen LogP contribution in [0.25, 0.3) is 0 Å². The van der Waals surface area contributed by atoms with Gasteiger partial charge in [0, 0.05) is 0 Å². The fraction of sp³-hybridized carbons (Fsp3) is 0. The van der Waals surface area contributed by atoms with Crippen molar-refractivity contribution in [1.82, 2.24) is 4.98 Å². The lowest BCUT2D eigenvalue weighted by Crippen LogP contribution is -1.88. The zero-order valence-electron chi connectivity index (χ0n) is 5.14. The molecule has 0 N–H and O–H groups in total. The second-order valence-corrected chi connectivity index (χ2v) is 3.33. The molecule has 1 aromatic rings. The SMILES string of the molecule is O=Cc1c(Cl)cc(Br)nc1Cl. The fourth-order valence-corrected chi connectivity index (χ4v) is 1.74. The van der Waals surface area contributed by atoms with E-state index in [1.54, 1.807) is 0 Å². The van der Waals surface area contributed by atoms with Crippen LogP contribution in [0.4, 0.5) is 0 Å². The normalized spacial score (nSPS) is 9.73. The molecule has 1 rings (SSSR count). The van der Waals surface area contributed by atoms with E-state index in [1.165, 1.54) is 6.07 Å². The lowest BCUT2D eigenvalue weighted by atomic mass is 10.3. The first-order chi connectivity index (χ1) is 5.15. The molecule has 58 valence electrons. The molecule has 0 atom stereocenters. The summed E-state index contributed by atoms with van der Waals surface area (Å²) in [5, 5.41) is 0.409. The highest BCUT2D eigenvalue weighted by atomic mass is 79.9. The molecule has 2 nitrogen and oxygen atoms in total. The number of aldehydes is 1. The molecule has 0 bridgehead atoms. The minimum absolute atomic E-state index is 0.111. The van der Waals surface area contributed by atoms with Crippen LogP contribution in [0.1, 0.15) is 10.4 Å². The van der Waals surface area contributed by atoms with E-state index in [4.69, 9.17) is 23.2 Å². The molecule has 0 aliphatic carbocycles. The Morgan fingerprint density at radius 1 is 1.55 bits per heavy atom. The topological polar surface area (TPSA) is 30.0 Å². The van der Waals surface area contributed by atoms with Crippen LogP contribution >= 0.6 is 39.1 Å². The Hall–Kier alpha value is -0.120. The largest absolute Gasteiger partial charge is 0.298 e. The standard InChI is InChI=1S/C6H2BrCl2NO/c7-5-1-4(8)3(2-11)6(9)10-5/h1-2H. The van der Waals surface area contributed by atoms with E-state index in [-0.39, 0.29) is 10.7 Å². The lowest BCUT2D eigenvalue weighted by Gasteiger charge is -1.98. The van der Waals surface area contributed by atoms with E-state index in [0.717, 1.165) is 0 Å². The second-order valence-electron chi connectivity index (χ2n) is 1.75. The van der Waals surface area contributed by atoms with Gasteiger partial charge in [0.15, 0.2) is 6.29 Å². The summed E-state index contributed by atoms with van der Waals surface area (Å²) >= 11 is 14.3.